The second-order valence-electron chi connectivity index (χ2n) is 8.12. The summed E-state index contributed by atoms with van der Waals surface area (Å²) in [5.74, 6) is 1.07. The van der Waals surface area contributed by atoms with Crippen LogP contribution in [0.3, 0.4) is 0 Å². The first-order chi connectivity index (χ1) is 17.4. The fourth-order valence-electron chi connectivity index (χ4n) is 3.36. The Balaban J connectivity index is 1.52. The molecule has 0 fully saturated rings. The minimum absolute atomic E-state index is 0.229. The van der Waals surface area contributed by atoms with Gasteiger partial charge in [0.2, 0.25) is 11.9 Å². The van der Waals surface area contributed by atoms with Crippen molar-refractivity contribution in [1.29, 1.82) is 0 Å². The zero-order valence-corrected chi connectivity index (χ0v) is 20.9. The first-order valence-corrected chi connectivity index (χ1v) is 11.5. The number of anilines is 5. The molecule has 0 aliphatic rings. The van der Waals surface area contributed by atoms with E-state index in [4.69, 9.17) is 16.3 Å². The standard InChI is InChI=1S/C26H26ClN7O2/c1-34(2)13-5-7-24(35)30-19-9-11-23(36-3)22(15-19)32-26-29-16-20(27)25(33-26)31-18-8-10-21-17(14-18)6-4-12-28-21/h4-12,14-16H,13H2,1-3H3,(H,30,35)(H2,29,31,32,33)/b7-5+. The minimum atomic E-state index is -0.229. The number of rotatable bonds is 9. The third-order valence-electron chi connectivity index (χ3n) is 5.06. The molecule has 0 spiro atoms. The van der Waals surface area contributed by atoms with Crippen molar-refractivity contribution < 1.29 is 9.53 Å². The molecule has 4 rings (SSSR count). The molecule has 10 heteroatoms. The van der Waals surface area contributed by atoms with Crippen molar-refractivity contribution in [2.24, 2.45) is 0 Å². The number of hydrogen-bond acceptors (Lipinski definition) is 8. The first kappa shape index (κ1) is 24.9. The number of nitrogens with one attached hydrogen (secondary N) is 3. The van der Waals surface area contributed by atoms with E-state index in [2.05, 4.69) is 30.9 Å². The molecule has 2 aromatic heterocycles. The number of pyridine rings is 1. The Bertz CT molecular complexity index is 1410. The van der Waals surface area contributed by atoms with Gasteiger partial charge in [-0.15, -0.1) is 0 Å². The highest BCUT2D eigenvalue weighted by Gasteiger charge is 2.11. The van der Waals surface area contributed by atoms with Crippen LogP contribution >= 0.6 is 11.6 Å². The number of aromatic nitrogens is 3. The normalized spacial score (nSPS) is 11.1. The molecule has 0 atom stereocenters. The SMILES string of the molecule is COc1ccc(NC(=O)/C=C/CN(C)C)cc1Nc1ncc(Cl)c(Nc2ccc3ncccc3c2)n1. The van der Waals surface area contributed by atoms with Gasteiger partial charge >= 0.3 is 0 Å². The third kappa shape index (κ3) is 6.47. The molecule has 36 heavy (non-hydrogen) atoms. The van der Waals surface area contributed by atoms with Gasteiger partial charge in [-0.3, -0.25) is 9.78 Å². The number of nitrogens with zero attached hydrogens (tertiary/aromatic N) is 4. The molecule has 0 radical (unpaired) electrons. The van der Waals surface area contributed by atoms with Crippen molar-refractivity contribution in [3.05, 3.63) is 78.1 Å². The van der Waals surface area contributed by atoms with E-state index in [0.29, 0.717) is 40.5 Å². The Morgan fingerprint density at radius 1 is 1.08 bits per heavy atom. The number of amides is 1. The van der Waals surface area contributed by atoms with Gasteiger partial charge < -0.3 is 25.6 Å². The molecule has 0 aliphatic carbocycles. The molecule has 0 aliphatic heterocycles. The van der Waals surface area contributed by atoms with Crippen molar-refractivity contribution in [1.82, 2.24) is 19.9 Å². The maximum Gasteiger partial charge on any atom is 0.248 e. The van der Waals surface area contributed by atoms with Crippen LogP contribution < -0.4 is 20.7 Å². The first-order valence-electron chi connectivity index (χ1n) is 11.1. The van der Waals surface area contributed by atoms with Crippen molar-refractivity contribution in [2.45, 2.75) is 0 Å². The molecule has 0 saturated heterocycles. The second-order valence-corrected chi connectivity index (χ2v) is 8.53. The van der Waals surface area contributed by atoms with Crippen molar-refractivity contribution in [3.63, 3.8) is 0 Å². The van der Waals surface area contributed by atoms with E-state index < -0.39 is 0 Å². The molecule has 2 aromatic carbocycles. The van der Waals surface area contributed by atoms with E-state index >= 15 is 0 Å². The summed E-state index contributed by atoms with van der Waals surface area (Å²) in [5.41, 5.74) is 2.88. The van der Waals surface area contributed by atoms with Crippen molar-refractivity contribution in [3.8, 4) is 5.75 Å². The maximum atomic E-state index is 12.2. The van der Waals surface area contributed by atoms with Crippen molar-refractivity contribution in [2.75, 3.05) is 43.7 Å². The monoisotopic (exact) mass is 503 g/mol. The summed E-state index contributed by atoms with van der Waals surface area (Å²) in [6.07, 6.45) is 6.56. The number of hydrogen-bond donors (Lipinski definition) is 3. The van der Waals surface area contributed by atoms with Gasteiger partial charge in [-0.2, -0.15) is 4.98 Å². The Morgan fingerprint density at radius 3 is 2.72 bits per heavy atom. The van der Waals surface area contributed by atoms with Crippen LogP contribution in [0.2, 0.25) is 5.02 Å². The quantitative estimate of drug-likeness (QED) is 0.267. The number of likely N-dealkylation sites (N-methyl/N-ethyl adjacent to an activating group) is 1. The number of fused-ring (bicyclic) bond motifs is 1. The van der Waals surface area contributed by atoms with Crippen LogP contribution in [0.25, 0.3) is 10.9 Å². The molecule has 3 N–H and O–H groups in total. The van der Waals surface area contributed by atoms with Gasteiger partial charge in [0, 0.05) is 35.6 Å². The van der Waals surface area contributed by atoms with E-state index in [1.165, 1.54) is 12.3 Å². The van der Waals surface area contributed by atoms with Gasteiger partial charge in [0.05, 0.1) is 24.5 Å². The largest absolute Gasteiger partial charge is 0.495 e. The fourth-order valence-corrected chi connectivity index (χ4v) is 3.50. The Labute approximate surface area is 214 Å². The summed E-state index contributed by atoms with van der Waals surface area (Å²) in [6.45, 7) is 0.670. The Morgan fingerprint density at radius 2 is 1.92 bits per heavy atom. The summed E-state index contributed by atoms with van der Waals surface area (Å²) < 4.78 is 5.46. The van der Waals surface area contributed by atoms with E-state index in [1.54, 1.807) is 37.6 Å². The second kappa shape index (κ2) is 11.5. The van der Waals surface area contributed by atoms with Gasteiger partial charge in [0.1, 0.15) is 10.8 Å². The summed E-state index contributed by atoms with van der Waals surface area (Å²) in [5, 5.41) is 10.6. The number of carbonyl (C=O) groups is 1. The molecule has 2 heterocycles. The lowest BCUT2D eigenvalue weighted by Crippen LogP contribution is -2.13. The molecule has 1 amide bonds. The molecule has 0 unspecified atom stereocenters. The lowest BCUT2D eigenvalue weighted by atomic mass is 10.2. The van der Waals surface area contributed by atoms with E-state index in [0.717, 1.165) is 16.6 Å². The van der Waals surface area contributed by atoms with Crippen LogP contribution in [0.1, 0.15) is 0 Å². The van der Waals surface area contributed by atoms with Gasteiger partial charge in [-0.25, -0.2) is 4.98 Å². The smallest absolute Gasteiger partial charge is 0.248 e. The fraction of sp³-hybridized carbons (Fsp3) is 0.154. The van der Waals surface area contributed by atoms with Crippen LogP contribution in [-0.2, 0) is 4.79 Å². The summed E-state index contributed by atoms with van der Waals surface area (Å²) in [7, 11) is 5.43. The highest BCUT2D eigenvalue weighted by molar-refractivity contribution is 6.32. The molecule has 184 valence electrons. The van der Waals surface area contributed by atoms with Gasteiger partial charge in [-0.05, 0) is 56.6 Å². The number of methoxy groups -OCH3 is 1. The summed E-state index contributed by atoms with van der Waals surface area (Å²) >= 11 is 6.36. The number of halogens is 1. The Hall–Kier alpha value is -4.21. The average molecular weight is 504 g/mol. The molecule has 9 nitrogen and oxygen atoms in total. The molecule has 0 bridgehead atoms. The molecule has 4 aromatic rings. The molecular weight excluding hydrogens is 478 g/mol. The maximum absolute atomic E-state index is 12.2. The van der Waals surface area contributed by atoms with Crippen molar-refractivity contribution >= 4 is 57.2 Å². The van der Waals surface area contributed by atoms with E-state index in [1.807, 2.05) is 49.3 Å². The summed E-state index contributed by atoms with van der Waals surface area (Å²) in [6, 6.07) is 14.9. The predicted molar refractivity (Wildman–Crippen MR) is 145 cm³/mol. The average Bonchev–Trinajstić information content (AvgIpc) is 2.86. The number of ether oxygens (including phenoxy) is 1. The van der Waals surface area contributed by atoms with Crippen LogP contribution in [0.4, 0.5) is 28.8 Å². The van der Waals surface area contributed by atoms with Crippen LogP contribution in [-0.4, -0.2) is 53.5 Å². The lowest BCUT2D eigenvalue weighted by Gasteiger charge is -2.14. The zero-order valence-electron chi connectivity index (χ0n) is 20.1. The van der Waals surface area contributed by atoms with E-state index in [9.17, 15) is 4.79 Å². The highest BCUT2D eigenvalue weighted by Crippen LogP contribution is 2.31. The molecule has 0 saturated carbocycles. The van der Waals surface area contributed by atoms with Gasteiger partial charge in [0.25, 0.3) is 0 Å². The highest BCUT2D eigenvalue weighted by atomic mass is 35.5. The van der Waals surface area contributed by atoms with Crippen LogP contribution in [0, 0.1) is 0 Å². The number of benzene rings is 2. The van der Waals surface area contributed by atoms with Gasteiger partial charge in [0.15, 0.2) is 5.82 Å². The molecular formula is C26H26ClN7O2. The van der Waals surface area contributed by atoms with Crippen LogP contribution in [0.15, 0.2) is 73.1 Å². The topological polar surface area (TPSA) is 104 Å². The van der Waals surface area contributed by atoms with E-state index in [-0.39, 0.29) is 5.91 Å². The third-order valence-corrected chi connectivity index (χ3v) is 5.34. The zero-order chi connectivity index (χ0) is 25.5. The predicted octanol–water partition coefficient (Wildman–Crippen LogP) is 5.23. The summed E-state index contributed by atoms with van der Waals surface area (Å²) in [4.78, 5) is 27.3. The number of carbonyl (C=O) groups excluding carboxylic acids is 1. The Kier molecular flexibility index (Phi) is 7.94. The van der Waals surface area contributed by atoms with Gasteiger partial charge in [-0.1, -0.05) is 23.7 Å². The minimum Gasteiger partial charge on any atom is -0.495 e. The van der Waals surface area contributed by atoms with Crippen LogP contribution in [0.5, 0.6) is 5.75 Å². The lowest BCUT2D eigenvalue weighted by molar-refractivity contribution is -0.111.